The van der Waals surface area contributed by atoms with Crippen molar-refractivity contribution in [3.63, 3.8) is 0 Å². The van der Waals surface area contributed by atoms with E-state index in [2.05, 4.69) is 6.07 Å². The van der Waals surface area contributed by atoms with Gasteiger partial charge in [-0.15, -0.1) is 0 Å². The van der Waals surface area contributed by atoms with E-state index < -0.39 is 5.97 Å². The van der Waals surface area contributed by atoms with Crippen LogP contribution in [-0.4, -0.2) is 17.9 Å². The molecule has 1 rings (SSSR count). The predicted octanol–water partition coefficient (Wildman–Crippen LogP) is 1.59. The van der Waals surface area contributed by atoms with Gasteiger partial charge >= 0.3 is 5.97 Å². The number of rotatable bonds is 3. The number of carbonyl (C=O) groups excluding carboxylic acids is 2. The largest absolute Gasteiger partial charge is 0.462 e. The predicted molar refractivity (Wildman–Crippen MR) is 52.7 cm³/mol. The Hall–Kier alpha value is -1.37. The summed E-state index contributed by atoms with van der Waals surface area (Å²) in [6.07, 6.45) is 2.81. The number of Topliss-reactive ketones (excluding diaryl/α,β-unsaturated/α-hetero) is 1. The van der Waals surface area contributed by atoms with E-state index in [1.54, 1.807) is 0 Å². The number of nitriles is 1. The minimum absolute atomic E-state index is 0.0959. The minimum atomic E-state index is -0.442. The molecule has 1 aliphatic rings. The molecule has 0 aliphatic heterocycles. The zero-order chi connectivity index (χ0) is 11.3. The van der Waals surface area contributed by atoms with Crippen molar-refractivity contribution in [1.82, 2.24) is 0 Å². The number of carbonyl (C=O) groups is 2. The highest BCUT2D eigenvalue weighted by molar-refractivity contribution is 5.94. The summed E-state index contributed by atoms with van der Waals surface area (Å²) in [5, 5.41) is 8.68. The summed E-state index contributed by atoms with van der Waals surface area (Å²) in [5.41, 5.74) is 0. The van der Waals surface area contributed by atoms with Crippen molar-refractivity contribution < 1.29 is 14.3 Å². The number of hydrogen-bond donors (Lipinski definition) is 0. The van der Waals surface area contributed by atoms with Gasteiger partial charge in [-0.2, -0.15) is 5.26 Å². The lowest BCUT2D eigenvalue weighted by Crippen LogP contribution is -2.24. The molecule has 0 spiro atoms. The van der Waals surface area contributed by atoms with Gasteiger partial charge in [0.05, 0.1) is 6.07 Å². The molecule has 82 valence electrons. The number of ether oxygens (including phenoxy) is 1. The quantitative estimate of drug-likeness (QED) is 0.523. The molecule has 4 nitrogen and oxygen atoms in total. The maximum Gasteiger partial charge on any atom is 0.313 e. The molecule has 1 saturated carbocycles. The Morgan fingerprint density at radius 1 is 1.33 bits per heavy atom. The van der Waals surface area contributed by atoms with Gasteiger partial charge in [-0.1, -0.05) is 0 Å². The van der Waals surface area contributed by atoms with Crippen LogP contribution in [0.15, 0.2) is 0 Å². The van der Waals surface area contributed by atoms with E-state index in [1.807, 2.05) is 0 Å². The Kier molecular flexibility index (Phi) is 4.29. The fourth-order valence-corrected chi connectivity index (χ4v) is 1.74. The Bertz CT molecular complexity index is 285. The van der Waals surface area contributed by atoms with E-state index in [4.69, 9.17) is 10.00 Å². The second-order valence-corrected chi connectivity index (χ2v) is 3.97. The lowest BCUT2D eigenvalue weighted by atomic mass is 9.88. The van der Waals surface area contributed by atoms with Crippen LogP contribution in [0.5, 0.6) is 0 Å². The van der Waals surface area contributed by atoms with E-state index in [-0.39, 0.29) is 24.2 Å². The van der Waals surface area contributed by atoms with Crippen molar-refractivity contribution in [2.24, 2.45) is 5.92 Å². The van der Waals surface area contributed by atoms with Crippen molar-refractivity contribution in [1.29, 1.82) is 5.26 Å². The van der Waals surface area contributed by atoms with E-state index in [1.165, 1.54) is 6.92 Å². The maximum absolute atomic E-state index is 11.2. The van der Waals surface area contributed by atoms with Crippen molar-refractivity contribution >= 4 is 11.8 Å². The SMILES string of the molecule is CC(=O)CC(=O)OC1CCC(C#N)CC1. The molecule has 4 heteroatoms. The molecule has 0 atom stereocenters. The number of ketones is 1. The second kappa shape index (κ2) is 5.50. The highest BCUT2D eigenvalue weighted by atomic mass is 16.5. The molecule has 0 amide bonds. The molecular weight excluding hydrogens is 194 g/mol. The summed E-state index contributed by atoms with van der Waals surface area (Å²) in [6.45, 7) is 1.37. The minimum Gasteiger partial charge on any atom is -0.462 e. The van der Waals surface area contributed by atoms with Gasteiger partial charge in [0.1, 0.15) is 18.3 Å². The zero-order valence-corrected chi connectivity index (χ0v) is 8.86. The Morgan fingerprint density at radius 3 is 2.40 bits per heavy atom. The maximum atomic E-state index is 11.2. The first kappa shape index (κ1) is 11.7. The Labute approximate surface area is 89.2 Å². The van der Waals surface area contributed by atoms with Crippen LogP contribution in [0.3, 0.4) is 0 Å². The third kappa shape index (κ3) is 4.11. The standard InChI is InChI=1S/C11H15NO3/c1-8(13)6-11(14)15-10-4-2-9(7-12)3-5-10/h9-10H,2-6H2,1H3. The van der Waals surface area contributed by atoms with Crippen molar-refractivity contribution in [2.75, 3.05) is 0 Å². The number of nitrogens with zero attached hydrogens (tertiary/aromatic N) is 1. The lowest BCUT2D eigenvalue weighted by molar-refractivity contribution is -0.152. The van der Waals surface area contributed by atoms with E-state index >= 15 is 0 Å². The van der Waals surface area contributed by atoms with Crippen LogP contribution >= 0.6 is 0 Å². The first-order valence-corrected chi connectivity index (χ1v) is 5.20. The first-order valence-electron chi connectivity index (χ1n) is 5.20. The molecule has 1 aliphatic carbocycles. The number of hydrogen-bond acceptors (Lipinski definition) is 4. The van der Waals surface area contributed by atoms with Crippen molar-refractivity contribution in [3.8, 4) is 6.07 Å². The van der Waals surface area contributed by atoms with Gasteiger partial charge in [0, 0.05) is 5.92 Å². The smallest absolute Gasteiger partial charge is 0.313 e. The third-order valence-electron chi connectivity index (χ3n) is 2.55. The van der Waals surface area contributed by atoms with E-state index in [0.29, 0.717) is 0 Å². The average Bonchev–Trinajstić information content (AvgIpc) is 2.17. The molecule has 0 radical (unpaired) electrons. The van der Waals surface area contributed by atoms with Gasteiger partial charge < -0.3 is 4.74 Å². The fraction of sp³-hybridized carbons (Fsp3) is 0.727. The summed E-state index contributed by atoms with van der Waals surface area (Å²) >= 11 is 0. The summed E-state index contributed by atoms with van der Waals surface area (Å²) < 4.78 is 5.13. The third-order valence-corrected chi connectivity index (χ3v) is 2.55. The highest BCUT2D eigenvalue weighted by Crippen LogP contribution is 2.25. The van der Waals surface area contributed by atoms with Crippen LogP contribution in [0, 0.1) is 17.2 Å². The second-order valence-electron chi connectivity index (χ2n) is 3.97. The van der Waals surface area contributed by atoms with Gasteiger partial charge in [-0.05, 0) is 32.6 Å². The van der Waals surface area contributed by atoms with Crippen LogP contribution in [0.2, 0.25) is 0 Å². The summed E-state index contributed by atoms with van der Waals surface area (Å²) in [6, 6.07) is 2.22. The van der Waals surface area contributed by atoms with E-state index in [0.717, 1.165) is 25.7 Å². The van der Waals surface area contributed by atoms with Crippen LogP contribution in [0.4, 0.5) is 0 Å². The molecule has 0 aromatic rings. The monoisotopic (exact) mass is 209 g/mol. The summed E-state index contributed by atoms with van der Waals surface area (Å²) in [7, 11) is 0. The normalized spacial score (nSPS) is 25.3. The lowest BCUT2D eigenvalue weighted by Gasteiger charge is -2.24. The molecular formula is C11H15NO3. The average molecular weight is 209 g/mol. The van der Waals surface area contributed by atoms with E-state index in [9.17, 15) is 9.59 Å². The van der Waals surface area contributed by atoms with Gasteiger partial charge in [0.15, 0.2) is 0 Å². The first-order chi connectivity index (χ1) is 7.11. The van der Waals surface area contributed by atoms with Crippen LogP contribution in [0.25, 0.3) is 0 Å². The number of esters is 1. The summed E-state index contributed by atoms with van der Waals surface area (Å²) in [5.74, 6) is -0.513. The highest BCUT2D eigenvalue weighted by Gasteiger charge is 2.23. The van der Waals surface area contributed by atoms with Gasteiger partial charge in [-0.25, -0.2) is 0 Å². The molecule has 0 aromatic heterocycles. The molecule has 15 heavy (non-hydrogen) atoms. The molecule has 0 N–H and O–H groups in total. The molecule has 0 bridgehead atoms. The van der Waals surface area contributed by atoms with Gasteiger partial charge in [0.2, 0.25) is 0 Å². The van der Waals surface area contributed by atoms with Gasteiger partial charge in [-0.3, -0.25) is 9.59 Å². The fourth-order valence-electron chi connectivity index (χ4n) is 1.74. The van der Waals surface area contributed by atoms with Crippen LogP contribution in [0.1, 0.15) is 39.0 Å². The van der Waals surface area contributed by atoms with Gasteiger partial charge in [0.25, 0.3) is 0 Å². The molecule has 0 aromatic carbocycles. The Balaban J connectivity index is 2.27. The van der Waals surface area contributed by atoms with Crippen LogP contribution in [-0.2, 0) is 14.3 Å². The molecule has 1 fully saturated rings. The van der Waals surface area contributed by atoms with Crippen molar-refractivity contribution in [3.05, 3.63) is 0 Å². The topological polar surface area (TPSA) is 67.2 Å². The molecule has 0 saturated heterocycles. The molecule has 0 unspecified atom stereocenters. The summed E-state index contributed by atoms with van der Waals surface area (Å²) in [4.78, 5) is 21.8. The van der Waals surface area contributed by atoms with Crippen molar-refractivity contribution in [2.45, 2.75) is 45.1 Å². The van der Waals surface area contributed by atoms with Crippen LogP contribution < -0.4 is 0 Å². The Morgan fingerprint density at radius 2 is 1.93 bits per heavy atom. The zero-order valence-electron chi connectivity index (χ0n) is 8.86. The molecule has 0 heterocycles.